The Kier molecular flexibility index (Phi) is 6.26. The molecule has 2 aliphatic heterocycles. The summed E-state index contributed by atoms with van der Waals surface area (Å²) in [5.41, 5.74) is 3.46. The molecule has 1 saturated carbocycles. The van der Waals surface area contributed by atoms with Crippen LogP contribution in [0.2, 0.25) is 0 Å². The van der Waals surface area contributed by atoms with Gasteiger partial charge in [0.25, 0.3) is 0 Å². The first-order chi connectivity index (χ1) is 16.3. The highest BCUT2D eigenvalue weighted by Crippen LogP contribution is 2.65. The number of ketones is 1. The number of allylic oxidation sites excluding steroid dienone is 4. The first-order valence-corrected chi connectivity index (χ1v) is 13.3. The number of amides is 1. The van der Waals surface area contributed by atoms with E-state index in [0.29, 0.717) is 18.2 Å². The summed E-state index contributed by atoms with van der Waals surface area (Å²) >= 11 is 0. The molecule has 34 heavy (non-hydrogen) atoms. The lowest BCUT2D eigenvalue weighted by molar-refractivity contribution is -0.137. The lowest BCUT2D eigenvalue weighted by Gasteiger charge is -2.39. The molecule has 5 aliphatic rings. The van der Waals surface area contributed by atoms with Crippen LogP contribution in [0, 0.1) is 5.41 Å². The average Bonchev–Trinajstić information content (AvgIpc) is 3.60. The molecule has 1 N–H and O–H groups in total. The number of piperidine rings is 2. The van der Waals surface area contributed by atoms with Crippen molar-refractivity contribution in [3.8, 4) is 0 Å². The van der Waals surface area contributed by atoms with Crippen molar-refractivity contribution in [3.05, 3.63) is 33.9 Å². The lowest BCUT2D eigenvalue weighted by Crippen LogP contribution is -2.49. The fourth-order valence-corrected chi connectivity index (χ4v) is 6.93. The van der Waals surface area contributed by atoms with E-state index in [1.807, 2.05) is 17.9 Å². The van der Waals surface area contributed by atoms with Crippen molar-refractivity contribution in [2.45, 2.75) is 90.2 Å². The van der Waals surface area contributed by atoms with Crippen LogP contribution in [0.4, 0.5) is 4.79 Å². The third-order valence-corrected chi connectivity index (χ3v) is 9.30. The van der Waals surface area contributed by atoms with Crippen LogP contribution in [0.25, 0.3) is 0 Å². The molecular weight excluding hydrogens is 428 g/mol. The molecule has 186 valence electrons. The monoisotopic (exact) mass is 468 g/mol. The van der Waals surface area contributed by atoms with E-state index < -0.39 is 5.60 Å². The Morgan fingerprint density at radius 2 is 1.79 bits per heavy atom. The number of rotatable bonds is 5. The second-order valence-corrected chi connectivity index (χ2v) is 11.2. The molecule has 0 aromatic carbocycles. The normalized spacial score (nSPS) is 29.6. The van der Waals surface area contributed by atoms with Crippen molar-refractivity contribution in [2.24, 2.45) is 5.41 Å². The van der Waals surface area contributed by atoms with Gasteiger partial charge in [-0.1, -0.05) is 12.0 Å². The maximum absolute atomic E-state index is 13.1. The van der Waals surface area contributed by atoms with Gasteiger partial charge in [-0.15, -0.1) is 0 Å². The van der Waals surface area contributed by atoms with Crippen LogP contribution >= 0.6 is 0 Å². The van der Waals surface area contributed by atoms with Crippen LogP contribution in [-0.4, -0.2) is 71.2 Å². The summed E-state index contributed by atoms with van der Waals surface area (Å²) in [5.74, 6) is -0.140. The zero-order chi connectivity index (χ0) is 24.1. The van der Waals surface area contributed by atoms with E-state index in [4.69, 9.17) is 4.74 Å². The van der Waals surface area contributed by atoms with Crippen molar-refractivity contribution in [3.63, 3.8) is 0 Å². The van der Waals surface area contributed by atoms with E-state index in [9.17, 15) is 14.7 Å². The predicted octanol–water partition coefficient (Wildman–Crippen LogP) is 4.54. The van der Waals surface area contributed by atoms with Crippen molar-refractivity contribution >= 4 is 11.9 Å². The molecule has 3 fully saturated rings. The van der Waals surface area contributed by atoms with Crippen molar-refractivity contribution in [1.82, 2.24) is 9.80 Å². The number of likely N-dealkylation sites (tertiary alicyclic amines) is 2. The van der Waals surface area contributed by atoms with Gasteiger partial charge in [-0.25, -0.2) is 4.79 Å². The van der Waals surface area contributed by atoms with Crippen LogP contribution in [0.3, 0.4) is 0 Å². The first kappa shape index (κ1) is 23.8. The van der Waals surface area contributed by atoms with Gasteiger partial charge in [0.1, 0.15) is 5.60 Å². The Morgan fingerprint density at radius 1 is 1.12 bits per heavy atom. The molecule has 3 aliphatic carbocycles. The predicted molar refractivity (Wildman–Crippen MR) is 131 cm³/mol. The molecule has 0 aromatic heterocycles. The molecule has 1 spiro atoms. The van der Waals surface area contributed by atoms with Crippen LogP contribution in [-0.2, 0) is 9.53 Å². The molecule has 6 nitrogen and oxygen atoms in total. The Balaban J connectivity index is 1.12. The van der Waals surface area contributed by atoms with E-state index in [0.717, 1.165) is 68.3 Å². The second-order valence-electron chi connectivity index (χ2n) is 11.2. The molecule has 0 radical (unpaired) electrons. The number of nitrogens with zero attached hydrogens (tertiary/aromatic N) is 2. The molecular formula is C28H40N2O4. The minimum Gasteiger partial charge on any atom is -0.449 e. The van der Waals surface area contributed by atoms with Gasteiger partial charge < -0.3 is 19.6 Å². The van der Waals surface area contributed by atoms with Crippen LogP contribution < -0.4 is 0 Å². The molecule has 1 amide bonds. The van der Waals surface area contributed by atoms with Crippen LogP contribution in [0.1, 0.15) is 78.6 Å². The summed E-state index contributed by atoms with van der Waals surface area (Å²) in [4.78, 5) is 30.2. The first-order valence-electron chi connectivity index (χ1n) is 13.3. The zero-order valence-electron chi connectivity index (χ0n) is 21.1. The largest absolute Gasteiger partial charge is 0.449 e. The Morgan fingerprint density at radius 3 is 2.44 bits per heavy atom. The van der Waals surface area contributed by atoms with E-state index >= 15 is 0 Å². The second kappa shape index (κ2) is 8.94. The van der Waals surface area contributed by atoms with Gasteiger partial charge in [0.2, 0.25) is 0 Å². The summed E-state index contributed by atoms with van der Waals surface area (Å²) in [6.07, 6.45) is 11.0. The van der Waals surface area contributed by atoms with Crippen LogP contribution in [0.15, 0.2) is 33.9 Å². The highest BCUT2D eigenvalue weighted by atomic mass is 16.6. The molecule has 6 heteroatoms. The summed E-state index contributed by atoms with van der Waals surface area (Å²) in [7, 11) is 0. The molecule has 2 saturated heterocycles. The Bertz CT molecular complexity index is 955. The van der Waals surface area contributed by atoms with Gasteiger partial charge >= 0.3 is 6.09 Å². The van der Waals surface area contributed by atoms with Crippen LogP contribution in [0.5, 0.6) is 0 Å². The highest BCUT2D eigenvalue weighted by molar-refractivity contribution is 6.10. The Labute approximate surface area is 203 Å². The molecule has 2 heterocycles. The lowest BCUT2D eigenvalue weighted by atomic mass is 9.67. The number of carbonyl (C=O) groups is 2. The zero-order valence-corrected chi connectivity index (χ0v) is 21.1. The summed E-state index contributed by atoms with van der Waals surface area (Å²) < 4.78 is 5.64. The number of hydrogen-bond acceptors (Lipinski definition) is 5. The summed E-state index contributed by atoms with van der Waals surface area (Å²) in [6, 6.07) is 0.619. The van der Waals surface area contributed by atoms with Crippen molar-refractivity contribution < 1.29 is 19.4 Å². The number of hydrogen-bond donors (Lipinski definition) is 1. The minimum absolute atomic E-state index is 0.140. The highest BCUT2D eigenvalue weighted by Gasteiger charge is 2.64. The summed E-state index contributed by atoms with van der Waals surface area (Å²) in [6.45, 7) is 10.2. The fraction of sp³-hybridized carbons (Fsp3) is 0.714. The van der Waals surface area contributed by atoms with E-state index in [-0.39, 0.29) is 17.3 Å². The van der Waals surface area contributed by atoms with Gasteiger partial charge in [-0.2, -0.15) is 0 Å². The standard InChI is InChI=1S/C28H40N2O4/c1-19-18-23-24(20(2)28(11-12-28)27(3,33)25(23)31)22(19)8-7-17-34-26(32)30-15-9-21(10-16-30)29-13-5-4-6-14-29/h18,21,33H,4-17H2,1-3H3/t27-/m0/s1. The van der Waals surface area contributed by atoms with Gasteiger partial charge in [0.05, 0.1) is 6.61 Å². The third kappa shape index (κ3) is 3.87. The molecule has 5 rings (SSSR count). The summed E-state index contributed by atoms with van der Waals surface area (Å²) in [5, 5.41) is 11.0. The quantitative estimate of drug-likeness (QED) is 0.600. The Hall–Kier alpha value is -1.92. The van der Waals surface area contributed by atoms with E-state index in [1.165, 1.54) is 37.9 Å². The SMILES string of the molecule is CC1=C(CCCOC(=O)N2CCC(N3CCCCC3)CC2)C2=C(C)C3(CC3)[C@@](C)(O)C(=O)C2=C1. The molecule has 0 bridgehead atoms. The van der Waals surface area contributed by atoms with Gasteiger partial charge in [-0.3, -0.25) is 4.79 Å². The van der Waals surface area contributed by atoms with E-state index in [2.05, 4.69) is 11.8 Å². The molecule has 0 unspecified atom stereocenters. The van der Waals surface area contributed by atoms with E-state index in [1.54, 1.807) is 6.92 Å². The molecule has 1 atom stereocenters. The topological polar surface area (TPSA) is 70.1 Å². The average molecular weight is 469 g/mol. The number of aliphatic hydroxyl groups is 1. The maximum atomic E-state index is 13.1. The number of Topliss-reactive ketones (excluding diaryl/α,β-unsaturated/α-hetero) is 1. The maximum Gasteiger partial charge on any atom is 0.409 e. The van der Waals surface area contributed by atoms with Crippen molar-refractivity contribution in [1.29, 1.82) is 0 Å². The van der Waals surface area contributed by atoms with Gasteiger partial charge in [0, 0.05) is 30.1 Å². The van der Waals surface area contributed by atoms with Gasteiger partial charge in [0.15, 0.2) is 5.78 Å². The number of carbonyl (C=O) groups excluding carboxylic acids is 2. The smallest absolute Gasteiger partial charge is 0.409 e. The fourth-order valence-electron chi connectivity index (χ4n) is 6.93. The minimum atomic E-state index is -1.31. The third-order valence-electron chi connectivity index (χ3n) is 9.30. The molecule has 0 aromatic rings. The number of fused-ring (bicyclic) bond motifs is 1. The van der Waals surface area contributed by atoms with Gasteiger partial charge in [-0.05, 0) is 108 Å². The number of ether oxygens (including phenoxy) is 1. The van der Waals surface area contributed by atoms with Crippen molar-refractivity contribution in [2.75, 3.05) is 32.8 Å².